The molecule has 0 fully saturated rings. The summed E-state index contributed by atoms with van der Waals surface area (Å²) in [4.78, 5) is 22.2. The molecule has 1 aromatic rings. The van der Waals surface area contributed by atoms with Crippen molar-refractivity contribution in [3.63, 3.8) is 0 Å². The van der Waals surface area contributed by atoms with E-state index in [1.165, 1.54) is 18.3 Å². The number of hydrogen-bond donors (Lipinski definition) is 1. The van der Waals surface area contributed by atoms with E-state index in [9.17, 15) is 9.59 Å². The van der Waals surface area contributed by atoms with Crippen LogP contribution in [0.5, 0.6) is 0 Å². The molecular formula is C8H9NO3S. The van der Waals surface area contributed by atoms with Crippen molar-refractivity contribution in [2.24, 2.45) is 5.73 Å². The summed E-state index contributed by atoms with van der Waals surface area (Å²) in [5.74, 6) is -1.17. The van der Waals surface area contributed by atoms with Crippen LogP contribution in [0.25, 0.3) is 0 Å². The minimum atomic E-state index is -0.947. The van der Waals surface area contributed by atoms with Gasteiger partial charge in [-0.15, -0.1) is 11.3 Å². The molecule has 70 valence electrons. The van der Waals surface area contributed by atoms with Crippen molar-refractivity contribution >= 4 is 23.2 Å². The van der Waals surface area contributed by atoms with Gasteiger partial charge in [-0.1, -0.05) is 6.07 Å². The Hall–Kier alpha value is -1.36. The van der Waals surface area contributed by atoms with E-state index in [0.29, 0.717) is 4.88 Å². The molecule has 0 radical (unpaired) electrons. The first kappa shape index (κ1) is 9.73. The molecule has 0 aliphatic heterocycles. The predicted octanol–water partition coefficient (Wildman–Crippen LogP) is 0.838. The van der Waals surface area contributed by atoms with Crippen LogP contribution in [-0.2, 0) is 14.3 Å². The van der Waals surface area contributed by atoms with Gasteiger partial charge in [0.1, 0.15) is 0 Å². The molecule has 5 heteroatoms. The first-order valence-electron chi connectivity index (χ1n) is 3.61. The number of hydrogen-bond acceptors (Lipinski definition) is 4. The number of esters is 1. The molecule has 1 aromatic heterocycles. The van der Waals surface area contributed by atoms with E-state index in [4.69, 9.17) is 10.5 Å². The van der Waals surface area contributed by atoms with E-state index in [1.807, 2.05) is 0 Å². The van der Waals surface area contributed by atoms with Gasteiger partial charge in [0, 0.05) is 6.92 Å². The van der Waals surface area contributed by atoms with E-state index in [-0.39, 0.29) is 0 Å². The topological polar surface area (TPSA) is 69.4 Å². The van der Waals surface area contributed by atoms with Crippen molar-refractivity contribution in [2.45, 2.75) is 13.0 Å². The SMILES string of the molecule is CC(=O)OC(C(N)=O)c1cccs1. The molecule has 1 rings (SSSR count). The van der Waals surface area contributed by atoms with E-state index in [2.05, 4.69) is 0 Å². The summed E-state index contributed by atoms with van der Waals surface area (Å²) in [7, 11) is 0. The molecular weight excluding hydrogens is 190 g/mol. The summed E-state index contributed by atoms with van der Waals surface area (Å²) in [6.07, 6.45) is -0.947. The van der Waals surface area contributed by atoms with Crippen LogP contribution < -0.4 is 5.73 Å². The second kappa shape index (κ2) is 4.04. The fraction of sp³-hybridized carbons (Fsp3) is 0.250. The number of carbonyl (C=O) groups excluding carboxylic acids is 2. The minimum Gasteiger partial charge on any atom is -0.447 e. The van der Waals surface area contributed by atoms with Crippen LogP contribution in [0.3, 0.4) is 0 Å². The van der Waals surface area contributed by atoms with Gasteiger partial charge in [0.15, 0.2) is 0 Å². The minimum absolute atomic E-state index is 0.516. The molecule has 1 heterocycles. The monoisotopic (exact) mass is 199 g/mol. The zero-order valence-corrected chi connectivity index (χ0v) is 7.84. The summed E-state index contributed by atoms with van der Waals surface area (Å²) in [5.41, 5.74) is 5.07. The fourth-order valence-electron chi connectivity index (χ4n) is 0.863. The van der Waals surface area contributed by atoms with Gasteiger partial charge in [-0.25, -0.2) is 0 Å². The Labute approximate surface area is 79.3 Å². The van der Waals surface area contributed by atoms with Crippen LogP contribution >= 0.6 is 11.3 Å². The Morgan fingerprint density at radius 2 is 2.31 bits per heavy atom. The molecule has 0 spiro atoms. The number of amides is 1. The second-order valence-corrected chi connectivity index (χ2v) is 3.39. The highest BCUT2D eigenvalue weighted by Crippen LogP contribution is 2.22. The average molecular weight is 199 g/mol. The van der Waals surface area contributed by atoms with Crippen LogP contribution in [0.1, 0.15) is 17.9 Å². The van der Waals surface area contributed by atoms with E-state index in [1.54, 1.807) is 17.5 Å². The summed E-state index contributed by atoms with van der Waals surface area (Å²) in [6.45, 7) is 1.24. The molecule has 1 amide bonds. The number of ether oxygens (including phenoxy) is 1. The van der Waals surface area contributed by atoms with Crippen LogP contribution in [0.4, 0.5) is 0 Å². The zero-order valence-electron chi connectivity index (χ0n) is 7.02. The quantitative estimate of drug-likeness (QED) is 0.733. The third kappa shape index (κ3) is 2.55. The molecule has 1 unspecified atom stereocenters. The third-order valence-electron chi connectivity index (χ3n) is 1.34. The van der Waals surface area contributed by atoms with Crippen molar-refractivity contribution in [2.75, 3.05) is 0 Å². The lowest BCUT2D eigenvalue weighted by Gasteiger charge is -2.10. The van der Waals surface area contributed by atoms with Gasteiger partial charge in [0.25, 0.3) is 5.91 Å². The molecule has 0 saturated heterocycles. The molecule has 0 bridgehead atoms. The molecule has 0 aliphatic rings. The van der Waals surface area contributed by atoms with Crippen LogP contribution in [0, 0.1) is 0 Å². The average Bonchev–Trinajstić information content (AvgIpc) is 2.50. The van der Waals surface area contributed by atoms with Crippen LogP contribution in [-0.4, -0.2) is 11.9 Å². The van der Waals surface area contributed by atoms with Gasteiger partial charge in [-0.3, -0.25) is 9.59 Å². The third-order valence-corrected chi connectivity index (χ3v) is 2.26. The van der Waals surface area contributed by atoms with Gasteiger partial charge in [0.2, 0.25) is 6.10 Å². The molecule has 4 nitrogen and oxygen atoms in total. The Kier molecular flexibility index (Phi) is 3.02. The van der Waals surface area contributed by atoms with Crippen LogP contribution in [0.15, 0.2) is 17.5 Å². The molecule has 13 heavy (non-hydrogen) atoms. The molecule has 0 aliphatic carbocycles. The maximum absolute atomic E-state index is 10.9. The van der Waals surface area contributed by atoms with Gasteiger partial charge in [0.05, 0.1) is 4.88 Å². The molecule has 0 saturated carbocycles. The molecule has 2 N–H and O–H groups in total. The smallest absolute Gasteiger partial charge is 0.303 e. The number of carbonyl (C=O) groups is 2. The van der Waals surface area contributed by atoms with Gasteiger partial charge in [-0.2, -0.15) is 0 Å². The van der Waals surface area contributed by atoms with Gasteiger partial charge in [-0.05, 0) is 11.4 Å². The maximum Gasteiger partial charge on any atom is 0.303 e. The largest absolute Gasteiger partial charge is 0.447 e. The predicted molar refractivity (Wildman–Crippen MR) is 48.0 cm³/mol. The normalized spacial score (nSPS) is 12.1. The Morgan fingerprint density at radius 3 is 2.69 bits per heavy atom. The zero-order chi connectivity index (χ0) is 9.84. The lowest BCUT2D eigenvalue weighted by molar-refractivity contribution is -0.153. The highest BCUT2D eigenvalue weighted by molar-refractivity contribution is 7.10. The maximum atomic E-state index is 10.9. The highest BCUT2D eigenvalue weighted by Gasteiger charge is 2.21. The summed E-state index contributed by atoms with van der Waals surface area (Å²) < 4.78 is 4.75. The Balaban J connectivity index is 2.81. The van der Waals surface area contributed by atoms with Crippen molar-refractivity contribution < 1.29 is 14.3 Å². The van der Waals surface area contributed by atoms with E-state index >= 15 is 0 Å². The van der Waals surface area contributed by atoms with Crippen LogP contribution in [0.2, 0.25) is 0 Å². The second-order valence-electron chi connectivity index (χ2n) is 2.41. The summed E-state index contributed by atoms with van der Waals surface area (Å²) in [5, 5.41) is 1.79. The van der Waals surface area contributed by atoms with Crippen molar-refractivity contribution in [1.29, 1.82) is 0 Å². The van der Waals surface area contributed by atoms with Gasteiger partial charge < -0.3 is 10.5 Å². The Bertz CT molecular complexity index is 307. The summed E-state index contributed by atoms with van der Waals surface area (Å²) in [6, 6.07) is 3.46. The van der Waals surface area contributed by atoms with E-state index in [0.717, 1.165) is 0 Å². The highest BCUT2D eigenvalue weighted by atomic mass is 32.1. The lowest BCUT2D eigenvalue weighted by atomic mass is 10.3. The molecule has 0 aromatic carbocycles. The number of primary amides is 1. The Morgan fingerprint density at radius 1 is 1.62 bits per heavy atom. The number of thiophene rings is 1. The summed E-state index contributed by atoms with van der Waals surface area (Å²) >= 11 is 1.32. The number of rotatable bonds is 3. The first-order chi connectivity index (χ1) is 6.11. The van der Waals surface area contributed by atoms with E-state index < -0.39 is 18.0 Å². The standard InChI is InChI=1S/C8H9NO3S/c1-5(10)12-7(8(9)11)6-3-2-4-13-6/h2-4,7H,1H3,(H2,9,11). The van der Waals surface area contributed by atoms with Crippen molar-refractivity contribution in [3.8, 4) is 0 Å². The molecule has 1 atom stereocenters. The first-order valence-corrected chi connectivity index (χ1v) is 4.49. The lowest BCUT2D eigenvalue weighted by Crippen LogP contribution is -2.24. The van der Waals surface area contributed by atoms with Crippen molar-refractivity contribution in [3.05, 3.63) is 22.4 Å². The van der Waals surface area contributed by atoms with Gasteiger partial charge >= 0.3 is 5.97 Å². The number of nitrogens with two attached hydrogens (primary N) is 1. The van der Waals surface area contributed by atoms with Crippen molar-refractivity contribution in [1.82, 2.24) is 0 Å². The fourth-order valence-corrected chi connectivity index (χ4v) is 1.62.